The van der Waals surface area contributed by atoms with Crippen LogP contribution in [0.15, 0.2) is 61.2 Å². The van der Waals surface area contributed by atoms with Gasteiger partial charge in [-0.2, -0.15) is 0 Å². The average Bonchev–Trinajstić information content (AvgIpc) is 2.78. The second-order valence-corrected chi connectivity index (χ2v) is 7.03. The van der Waals surface area contributed by atoms with Crippen molar-refractivity contribution in [2.45, 2.75) is 6.92 Å². The van der Waals surface area contributed by atoms with Crippen LogP contribution in [0.2, 0.25) is 0 Å². The molecule has 1 amide bonds. The quantitative estimate of drug-likeness (QED) is 0.676. The SMILES string of the molecule is Cc1ccc(NC(=O)CN2CCOCC2)cc1N(c1ccncc1)c1ncccn1. The van der Waals surface area contributed by atoms with Crippen LogP contribution >= 0.6 is 0 Å². The minimum Gasteiger partial charge on any atom is -0.379 e. The summed E-state index contributed by atoms with van der Waals surface area (Å²) in [4.78, 5) is 29.6. The van der Waals surface area contributed by atoms with Gasteiger partial charge >= 0.3 is 0 Å². The maximum absolute atomic E-state index is 12.5. The Labute approximate surface area is 175 Å². The van der Waals surface area contributed by atoms with Gasteiger partial charge in [-0.15, -0.1) is 0 Å². The van der Waals surface area contributed by atoms with Crippen molar-refractivity contribution < 1.29 is 9.53 Å². The van der Waals surface area contributed by atoms with Gasteiger partial charge in [-0.05, 0) is 42.8 Å². The van der Waals surface area contributed by atoms with Crippen molar-refractivity contribution in [3.8, 4) is 0 Å². The summed E-state index contributed by atoms with van der Waals surface area (Å²) < 4.78 is 5.34. The van der Waals surface area contributed by atoms with Gasteiger partial charge in [0, 0.05) is 43.6 Å². The molecule has 1 aliphatic rings. The Balaban J connectivity index is 1.61. The second-order valence-electron chi connectivity index (χ2n) is 7.03. The number of rotatable bonds is 6. The highest BCUT2D eigenvalue weighted by atomic mass is 16.5. The third-order valence-electron chi connectivity index (χ3n) is 4.88. The number of ether oxygens (including phenoxy) is 1. The summed E-state index contributed by atoms with van der Waals surface area (Å²) in [5.74, 6) is 0.502. The third-order valence-corrected chi connectivity index (χ3v) is 4.88. The zero-order valence-corrected chi connectivity index (χ0v) is 16.9. The van der Waals surface area contributed by atoms with Crippen LogP contribution in [0, 0.1) is 6.92 Å². The molecule has 1 aromatic carbocycles. The Morgan fingerprint density at radius 2 is 1.83 bits per heavy atom. The van der Waals surface area contributed by atoms with Crippen molar-refractivity contribution >= 4 is 28.9 Å². The van der Waals surface area contributed by atoms with Crippen LogP contribution in [0.4, 0.5) is 23.0 Å². The minimum atomic E-state index is -0.0434. The van der Waals surface area contributed by atoms with Gasteiger partial charge in [-0.25, -0.2) is 9.97 Å². The van der Waals surface area contributed by atoms with Crippen LogP contribution in [0.1, 0.15) is 5.56 Å². The fourth-order valence-electron chi connectivity index (χ4n) is 3.35. The molecule has 154 valence electrons. The van der Waals surface area contributed by atoms with Gasteiger partial charge in [-0.1, -0.05) is 6.07 Å². The average molecular weight is 404 g/mol. The number of anilines is 4. The van der Waals surface area contributed by atoms with Gasteiger partial charge in [0.25, 0.3) is 0 Å². The molecule has 2 aromatic heterocycles. The standard InChI is InChI=1S/C22H24N6O2/c1-17-3-4-18(26-21(29)16-27-11-13-30-14-12-27)15-20(17)28(19-5-9-23-10-6-19)22-24-7-2-8-25-22/h2-10,15H,11-14,16H2,1H3,(H,26,29). The van der Waals surface area contributed by atoms with Crippen LogP contribution in [0.3, 0.4) is 0 Å². The zero-order chi connectivity index (χ0) is 20.8. The number of hydrogen-bond donors (Lipinski definition) is 1. The molecule has 0 radical (unpaired) electrons. The van der Waals surface area contributed by atoms with E-state index in [9.17, 15) is 4.79 Å². The molecule has 0 spiro atoms. The van der Waals surface area contributed by atoms with Crippen molar-refractivity contribution in [1.29, 1.82) is 0 Å². The van der Waals surface area contributed by atoms with Gasteiger partial charge < -0.3 is 10.1 Å². The number of nitrogens with zero attached hydrogens (tertiary/aromatic N) is 5. The van der Waals surface area contributed by atoms with E-state index in [0.717, 1.165) is 35.7 Å². The van der Waals surface area contributed by atoms with Crippen LogP contribution < -0.4 is 10.2 Å². The molecule has 3 aromatic rings. The summed E-state index contributed by atoms with van der Waals surface area (Å²) in [5.41, 5.74) is 3.53. The predicted molar refractivity (Wildman–Crippen MR) is 115 cm³/mol. The third kappa shape index (κ3) is 4.79. The summed E-state index contributed by atoms with van der Waals surface area (Å²) in [5, 5.41) is 3.01. The molecule has 0 unspecified atom stereocenters. The molecule has 8 nitrogen and oxygen atoms in total. The first-order valence-electron chi connectivity index (χ1n) is 9.88. The van der Waals surface area contributed by atoms with Crippen molar-refractivity contribution in [2.75, 3.05) is 43.1 Å². The molecular weight excluding hydrogens is 380 g/mol. The lowest BCUT2D eigenvalue weighted by atomic mass is 10.1. The van der Waals surface area contributed by atoms with Crippen molar-refractivity contribution in [3.63, 3.8) is 0 Å². The summed E-state index contributed by atoms with van der Waals surface area (Å²) in [6, 6.07) is 11.4. The van der Waals surface area contributed by atoms with Crippen molar-refractivity contribution in [2.24, 2.45) is 0 Å². The minimum absolute atomic E-state index is 0.0434. The molecule has 0 bridgehead atoms. The van der Waals surface area contributed by atoms with Gasteiger partial charge in [0.2, 0.25) is 11.9 Å². The predicted octanol–water partition coefficient (Wildman–Crippen LogP) is 2.92. The number of carbonyl (C=O) groups excluding carboxylic acids is 1. The largest absolute Gasteiger partial charge is 0.379 e. The fourth-order valence-corrected chi connectivity index (χ4v) is 3.35. The number of benzene rings is 1. The first-order valence-corrected chi connectivity index (χ1v) is 9.88. The van der Waals surface area contributed by atoms with E-state index in [0.29, 0.717) is 25.7 Å². The Morgan fingerprint density at radius 1 is 1.10 bits per heavy atom. The first kappa shape index (κ1) is 19.9. The highest BCUT2D eigenvalue weighted by Gasteiger charge is 2.18. The van der Waals surface area contributed by atoms with Crippen LogP contribution in [-0.4, -0.2) is 58.6 Å². The van der Waals surface area contributed by atoms with E-state index in [4.69, 9.17) is 4.74 Å². The van der Waals surface area contributed by atoms with E-state index in [2.05, 4.69) is 25.2 Å². The normalized spacial score (nSPS) is 14.3. The zero-order valence-electron chi connectivity index (χ0n) is 16.9. The molecule has 30 heavy (non-hydrogen) atoms. The van der Waals surface area contributed by atoms with Gasteiger partial charge in [0.1, 0.15) is 0 Å². The maximum Gasteiger partial charge on any atom is 0.238 e. The van der Waals surface area contributed by atoms with Crippen LogP contribution in [-0.2, 0) is 9.53 Å². The van der Waals surface area contributed by atoms with Crippen LogP contribution in [0.25, 0.3) is 0 Å². The Bertz CT molecular complexity index is 938. The maximum atomic E-state index is 12.5. The van der Waals surface area contributed by atoms with Gasteiger partial charge in [-0.3, -0.25) is 19.6 Å². The summed E-state index contributed by atoms with van der Waals surface area (Å²) >= 11 is 0. The van der Waals surface area contributed by atoms with E-state index < -0.39 is 0 Å². The van der Waals surface area contributed by atoms with E-state index in [1.165, 1.54) is 0 Å². The van der Waals surface area contributed by atoms with E-state index in [1.807, 2.05) is 42.2 Å². The Morgan fingerprint density at radius 3 is 2.57 bits per heavy atom. The van der Waals surface area contributed by atoms with Crippen molar-refractivity contribution in [3.05, 3.63) is 66.7 Å². The van der Waals surface area contributed by atoms with Gasteiger partial charge in [0.05, 0.1) is 31.1 Å². The molecule has 1 N–H and O–H groups in total. The number of hydrogen-bond acceptors (Lipinski definition) is 7. The first-order chi connectivity index (χ1) is 14.7. The molecule has 0 atom stereocenters. The van der Waals surface area contributed by atoms with E-state index in [1.54, 1.807) is 30.9 Å². The number of nitrogens with one attached hydrogen (secondary N) is 1. The smallest absolute Gasteiger partial charge is 0.238 e. The molecule has 1 saturated heterocycles. The summed E-state index contributed by atoms with van der Waals surface area (Å²) in [6.07, 6.45) is 6.88. The molecule has 3 heterocycles. The topological polar surface area (TPSA) is 83.5 Å². The van der Waals surface area contributed by atoms with Crippen LogP contribution in [0.5, 0.6) is 0 Å². The molecule has 4 rings (SSSR count). The monoisotopic (exact) mass is 404 g/mol. The lowest BCUT2D eigenvalue weighted by Crippen LogP contribution is -2.41. The molecule has 1 fully saturated rings. The molecule has 0 aliphatic carbocycles. The molecule has 8 heteroatoms. The molecule has 0 saturated carbocycles. The molecule has 1 aliphatic heterocycles. The van der Waals surface area contributed by atoms with Gasteiger partial charge in [0.15, 0.2) is 0 Å². The fraction of sp³-hybridized carbons (Fsp3) is 0.273. The highest BCUT2D eigenvalue weighted by molar-refractivity contribution is 5.93. The number of carbonyl (C=O) groups is 1. The lowest BCUT2D eigenvalue weighted by Gasteiger charge is -2.26. The Kier molecular flexibility index (Phi) is 6.26. The number of amides is 1. The number of pyridine rings is 1. The number of aryl methyl sites for hydroxylation is 1. The second kappa shape index (κ2) is 9.43. The van der Waals surface area contributed by atoms with E-state index >= 15 is 0 Å². The highest BCUT2D eigenvalue weighted by Crippen LogP contribution is 2.35. The summed E-state index contributed by atoms with van der Waals surface area (Å²) in [6.45, 7) is 5.25. The summed E-state index contributed by atoms with van der Waals surface area (Å²) in [7, 11) is 0. The van der Waals surface area contributed by atoms with E-state index in [-0.39, 0.29) is 5.91 Å². The number of morpholine rings is 1. The van der Waals surface area contributed by atoms with Crippen molar-refractivity contribution in [1.82, 2.24) is 19.9 Å². The number of aromatic nitrogens is 3. The Hall–Kier alpha value is -3.36. The molecular formula is C22H24N6O2. The lowest BCUT2D eigenvalue weighted by molar-refractivity contribution is -0.118.